The highest BCUT2D eigenvalue weighted by Crippen LogP contribution is 2.31. The molecular weight excluding hydrogens is 540 g/mol. The molecule has 0 aliphatic carbocycles. The Bertz CT molecular complexity index is 1270. The minimum absolute atomic E-state index is 0. The Morgan fingerprint density at radius 1 is 0.943 bits per heavy atom. The second kappa shape index (κ2) is 13.3. The molecule has 0 spiro atoms. The maximum Gasteiger partial charge on any atom is 0.124 e. The van der Waals surface area contributed by atoms with Crippen LogP contribution in [0.1, 0.15) is 11.1 Å². The minimum atomic E-state index is 0. The summed E-state index contributed by atoms with van der Waals surface area (Å²) < 4.78 is 0. The van der Waals surface area contributed by atoms with Gasteiger partial charge in [-0.25, -0.2) is 4.98 Å². The molecule has 4 rings (SSSR count). The summed E-state index contributed by atoms with van der Waals surface area (Å²) in [6.07, 6.45) is 1.90. The Kier molecular flexibility index (Phi) is 10.4. The predicted octanol–water partition coefficient (Wildman–Crippen LogP) is 8.90. The first kappa shape index (κ1) is 27.5. The van der Waals surface area contributed by atoms with Crippen molar-refractivity contribution in [3.05, 3.63) is 88.3 Å². The van der Waals surface area contributed by atoms with Crippen molar-refractivity contribution in [1.29, 1.82) is 0 Å². The molecule has 0 aliphatic rings. The van der Waals surface area contributed by atoms with Gasteiger partial charge in [-0.1, -0.05) is 41.9 Å². The van der Waals surface area contributed by atoms with Crippen LogP contribution in [-0.4, -0.2) is 36.0 Å². The molecule has 0 N–H and O–H groups in total. The van der Waals surface area contributed by atoms with Gasteiger partial charge in [0.25, 0.3) is 0 Å². The molecule has 1 aromatic heterocycles. The summed E-state index contributed by atoms with van der Waals surface area (Å²) in [5, 5.41) is 3.73. The highest BCUT2D eigenvalue weighted by atomic mass is 35.5. The molecule has 0 bridgehead atoms. The smallest absolute Gasteiger partial charge is 0.124 e. The fourth-order valence-electron chi connectivity index (χ4n) is 3.60. The van der Waals surface area contributed by atoms with Gasteiger partial charge in [0.05, 0.1) is 11.4 Å². The van der Waals surface area contributed by atoms with Crippen molar-refractivity contribution in [2.45, 2.75) is 6.92 Å². The summed E-state index contributed by atoms with van der Waals surface area (Å²) in [6, 6.07) is 22.2. The highest BCUT2D eigenvalue weighted by molar-refractivity contribution is 7.13. The summed E-state index contributed by atoms with van der Waals surface area (Å²) in [6.45, 7) is 3.63. The fraction of sp³-hybridized carbons (Fsp3) is 0.185. The lowest BCUT2D eigenvalue weighted by molar-refractivity contribution is 0.873. The van der Waals surface area contributed by atoms with Gasteiger partial charge in [0.15, 0.2) is 0 Å². The number of thiazole rings is 1. The average molecular weight is 565 g/mol. The van der Waals surface area contributed by atoms with Crippen molar-refractivity contribution in [2.24, 2.45) is 4.99 Å². The largest absolute Gasteiger partial charge is 0.369 e. The van der Waals surface area contributed by atoms with Crippen molar-refractivity contribution in [2.75, 3.05) is 29.7 Å². The zero-order chi connectivity index (χ0) is 23.9. The molecule has 0 aliphatic heterocycles. The van der Waals surface area contributed by atoms with Crippen LogP contribution in [0.4, 0.5) is 11.4 Å². The van der Waals surface area contributed by atoms with Gasteiger partial charge in [-0.05, 0) is 54.4 Å². The molecule has 1 heterocycles. The quantitative estimate of drug-likeness (QED) is 0.150. The lowest BCUT2D eigenvalue weighted by Gasteiger charge is -2.23. The van der Waals surface area contributed by atoms with Crippen LogP contribution in [0.2, 0.25) is 5.02 Å². The molecule has 3 nitrogen and oxygen atoms in total. The first-order chi connectivity index (χ1) is 16.6. The zero-order valence-corrected chi connectivity index (χ0v) is 23.0. The average Bonchev–Trinajstić information content (AvgIpc) is 3.34. The molecule has 0 amide bonds. The van der Waals surface area contributed by atoms with Crippen molar-refractivity contribution >= 4 is 76.1 Å². The molecule has 35 heavy (non-hydrogen) atoms. The Balaban J connectivity index is 0.00000342. The van der Waals surface area contributed by atoms with Crippen molar-refractivity contribution in [3.63, 3.8) is 0 Å². The van der Waals surface area contributed by atoms with Crippen LogP contribution in [0, 0.1) is 6.92 Å². The Morgan fingerprint density at radius 3 is 2.34 bits per heavy atom. The molecule has 182 valence electrons. The number of hydrogen-bond donors (Lipinski definition) is 0. The molecule has 8 heteroatoms. The lowest BCUT2D eigenvalue weighted by atomic mass is 10.1. The van der Waals surface area contributed by atoms with Gasteiger partial charge in [-0.15, -0.1) is 46.9 Å². The SMILES string of the molecule is Cc1cc(N(CCCl)CCCl)ccc1C=Nc1ccc(-c2csc(-c3cccc(Cl)c3)n2)cc1.Cl. The fourth-order valence-corrected chi connectivity index (χ4v) is 5.02. The molecule has 0 saturated carbocycles. The topological polar surface area (TPSA) is 28.5 Å². The Labute approximate surface area is 231 Å². The number of rotatable bonds is 9. The maximum absolute atomic E-state index is 6.12. The van der Waals surface area contributed by atoms with Gasteiger partial charge in [-0.3, -0.25) is 4.99 Å². The number of nitrogens with zero attached hydrogens (tertiary/aromatic N) is 3. The molecule has 4 aromatic rings. The van der Waals surface area contributed by atoms with Crippen LogP contribution < -0.4 is 4.90 Å². The number of benzene rings is 3. The van der Waals surface area contributed by atoms with Gasteiger partial charge in [-0.2, -0.15) is 0 Å². The number of aryl methyl sites for hydroxylation is 1. The summed E-state index contributed by atoms with van der Waals surface area (Å²) >= 11 is 19.6. The molecule has 0 fully saturated rings. The summed E-state index contributed by atoms with van der Waals surface area (Å²) in [5.74, 6) is 1.13. The van der Waals surface area contributed by atoms with Crippen LogP contribution in [0.3, 0.4) is 0 Å². The van der Waals surface area contributed by atoms with E-state index in [9.17, 15) is 0 Å². The summed E-state index contributed by atoms with van der Waals surface area (Å²) in [4.78, 5) is 11.6. The van der Waals surface area contributed by atoms with Gasteiger partial charge >= 0.3 is 0 Å². The van der Waals surface area contributed by atoms with Crippen molar-refractivity contribution in [1.82, 2.24) is 4.98 Å². The van der Waals surface area contributed by atoms with Gasteiger partial charge in [0.1, 0.15) is 5.01 Å². The third-order valence-corrected chi connectivity index (χ3v) is 6.88. The van der Waals surface area contributed by atoms with Crippen LogP contribution in [0.25, 0.3) is 21.8 Å². The molecular formula is C27H25Cl4N3S. The van der Waals surface area contributed by atoms with E-state index in [0.717, 1.165) is 57.4 Å². The predicted molar refractivity (Wildman–Crippen MR) is 157 cm³/mol. The molecule has 0 radical (unpaired) electrons. The van der Waals surface area contributed by atoms with E-state index < -0.39 is 0 Å². The van der Waals surface area contributed by atoms with Gasteiger partial charge in [0.2, 0.25) is 0 Å². The van der Waals surface area contributed by atoms with E-state index in [1.54, 1.807) is 11.3 Å². The molecule has 0 unspecified atom stereocenters. The van der Waals surface area contributed by atoms with Gasteiger partial charge < -0.3 is 4.90 Å². The van der Waals surface area contributed by atoms with Crippen molar-refractivity contribution in [3.8, 4) is 21.8 Å². The second-order valence-corrected chi connectivity index (χ2v) is 9.81. The van der Waals surface area contributed by atoms with E-state index in [0.29, 0.717) is 16.8 Å². The third kappa shape index (κ3) is 7.22. The standard InChI is InChI=1S/C27H24Cl3N3S.ClH/c1-19-15-25(33(13-11-28)14-12-29)10-7-22(19)17-31-24-8-5-20(6-9-24)26-18-34-27(32-26)21-3-2-4-23(30)16-21;/h2-10,15-18H,11-14H2,1H3;1H. The van der Waals surface area contributed by atoms with Crippen molar-refractivity contribution < 1.29 is 0 Å². The van der Waals surface area contributed by atoms with E-state index in [1.165, 1.54) is 0 Å². The molecule has 0 atom stereocenters. The summed E-state index contributed by atoms with van der Waals surface area (Å²) in [7, 11) is 0. The minimum Gasteiger partial charge on any atom is -0.369 e. The number of alkyl halides is 2. The summed E-state index contributed by atoms with van der Waals surface area (Å²) in [5.41, 5.74) is 7.28. The Hall–Kier alpha value is -2.08. The molecule has 3 aromatic carbocycles. The number of anilines is 1. The van der Waals surface area contributed by atoms with Crippen LogP contribution >= 0.6 is 58.5 Å². The zero-order valence-electron chi connectivity index (χ0n) is 19.1. The monoisotopic (exact) mass is 563 g/mol. The molecule has 0 saturated heterocycles. The van der Waals surface area contributed by atoms with E-state index >= 15 is 0 Å². The number of halogens is 4. The third-order valence-electron chi connectivity index (χ3n) is 5.42. The van der Waals surface area contributed by atoms with E-state index in [-0.39, 0.29) is 12.4 Å². The first-order valence-electron chi connectivity index (χ1n) is 10.9. The second-order valence-electron chi connectivity index (χ2n) is 7.76. The first-order valence-corrected chi connectivity index (χ1v) is 13.2. The van der Waals surface area contributed by atoms with Crippen LogP contribution in [0.5, 0.6) is 0 Å². The van der Waals surface area contributed by atoms with E-state index in [4.69, 9.17) is 39.8 Å². The highest BCUT2D eigenvalue weighted by Gasteiger charge is 2.08. The number of hydrogen-bond acceptors (Lipinski definition) is 4. The maximum atomic E-state index is 6.12. The van der Waals surface area contributed by atoms with Gasteiger partial charge in [0, 0.05) is 58.3 Å². The van der Waals surface area contributed by atoms with E-state index in [2.05, 4.69) is 52.5 Å². The lowest BCUT2D eigenvalue weighted by Crippen LogP contribution is -2.27. The van der Waals surface area contributed by atoms with E-state index in [1.807, 2.05) is 42.6 Å². The number of aliphatic imine (C=N–C) groups is 1. The number of aromatic nitrogens is 1. The van der Waals surface area contributed by atoms with Crippen LogP contribution in [0.15, 0.2) is 77.1 Å². The normalized spacial score (nSPS) is 11.0. The Morgan fingerprint density at radius 2 is 1.69 bits per heavy atom. The van der Waals surface area contributed by atoms with Crippen LogP contribution in [-0.2, 0) is 0 Å².